The van der Waals surface area contributed by atoms with E-state index in [2.05, 4.69) is 29.0 Å². The first-order valence-electron chi connectivity index (χ1n) is 10.6. The summed E-state index contributed by atoms with van der Waals surface area (Å²) in [6.07, 6.45) is 4.18. The van der Waals surface area contributed by atoms with Gasteiger partial charge in [0.1, 0.15) is 18.0 Å². The zero-order valence-electron chi connectivity index (χ0n) is 19.8. The van der Waals surface area contributed by atoms with E-state index >= 15 is 0 Å². The molecule has 0 aliphatic rings. The van der Waals surface area contributed by atoms with Crippen LogP contribution in [0, 0.1) is 13.8 Å². The number of allylic oxidation sites excluding steroid dienone is 1. The van der Waals surface area contributed by atoms with Crippen LogP contribution in [0.15, 0.2) is 40.0 Å². The first-order valence-corrected chi connectivity index (χ1v) is 11.5. The smallest absolute Gasteiger partial charge is 0.261 e. The minimum atomic E-state index is -0.365. The van der Waals surface area contributed by atoms with Gasteiger partial charge in [0.15, 0.2) is 5.58 Å². The highest BCUT2D eigenvalue weighted by Gasteiger charge is 2.19. The van der Waals surface area contributed by atoms with Crippen molar-refractivity contribution in [2.45, 2.75) is 33.1 Å². The van der Waals surface area contributed by atoms with Gasteiger partial charge in [-0.15, -0.1) is 12.6 Å². The number of hydrogen-bond acceptors (Lipinski definition) is 7. The van der Waals surface area contributed by atoms with Gasteiger partial charge >= 0.3 is 0 Å². The zero-order chi connectivity index (χ0) is 24.8. The van der Waals surface area contributed by atoms with Crippen LogP contribution >= 0.6 is 24.2 Å². The predicted octanol–water partition coefficient (Wildman–Crippen LogP) is 6.33. The van der Waals surface area contributed by atoms with Gasteiger partial charge in [0.2, 0.25) is 5.12 Å². The fraction of sp³-hybridized carbons (Fsp3) is 0.320. The monoisotopic (exact) mass is 502 g/mol. The minimum Gasteiger partial charge on any atom is -0.496 e. The second-order valence-corrected chi connectivity index (χ2v) is 8.54. The van der Waals surface area contributed by atoms with E-state index in [0.29, 0.717) is 34.4 Å². The van der Waals surface area contributed by atoms with E-state index in [1.807, 2.05) is 32.0 Å². The Morgan fingerprint density at radius 3 is 2.47 bits per heavy atom. The Hall–Kier alpha value is -2.97. The normalized spacial score (nSPS) is 12.2. The van der Waals surface area contributed by atoms with Crippen LogP contribution in [-0.2, 0) is 4.84 Å². The number of aromatic nitrogens is 1. The van der Waals surface area contributed by atoms with Gasteiger partial charge in [-0.05, 0) is 83.9 Å². The highest BCUT2D eigenvalue weighted by Crippen LogP contribution is 2.36. The van der Waals surface area contributed by atoms with Crippen LogP contribution in [0.1, 0.15) is 51.9 Å². The standard InChI is InChI=1S/C25H27ClN2O5S/c1-14-10-17(13-20(25(29)34)22(14)30-3)18(8-6-7-9-21(26)27-32-5)16-11-15(2)23-19(12-16)24(31-4)28-33-23/h8,10-13H,6-7,9H2,1-5H3,(H,29,34)/b18-8-,27-21-. The van der Waals surface area contributed by atoms with Crippen molar-refractivity contribution in [2.24, 2.45) is 5.16 Å². The Morgan fingerprint density at radius 2 is 1.82 bits per heavy atom. The number of nitrogens with zero attached hydrogens (tertiary/aromatic N) is 2. The number of rotatable bonds is 10. The number of carbonyl (C=O) groups excluding carboxylic acids is 1. The van der Waals surface area contributed by atoms with Crippen molar-refractivity contribution in [3.05, 3.63) is 58.2 Å². The average Bonchev–Trinajstić information content (AvgIpc) is 3.22. The topological polar surface area (TPSA) is 83.2 Å². The van der Waals surface area contributed by atoms with Crippen LogP contribution in [0.4, 0.5) is 0 Å². The van der Waals surface area contributed by atoms with Crippen LogP contribution in [-0.4, -0.2) is 36.8 Å². The molecule has 1 aromatic heterocycles. The van der Waals surface area contributed by atoms with E-state index in [1.165, 1.54) is 7.11 Å². The Bertz CT molecular complexity index is 1270. The van der Waals surface area contributed by atoms with Crippen LogP contribution in [0.3, 0.4) is 0 Å². The Balaban J connectivity index is 2.14. The number of ether oxygens (including phenoxy) is 2. The van der Waals surface area contributed by atoms with E-state index in [-0.39, 0.29) is 5.12 Å². The molecule has 34 heavy (non-hydrogen) atoms. The molecule has 0 saturated heterocycles. The molecule has 0 aliphatic heterocycles. The molecule has 0 amide bonds. The zero-order valence-corrected chi connectivity index (χ0v) is 21.4. The molecule has 0 fully saturated rings. The number of methoxy groups -OCH3 is 2. The molecule has 0 bridgehead atoms. The number of carbonyl (C=O) groups is 1. The van der Waals surface area contributed by atoms with Crippen molar-refractivity contribution < 1.29 is 23.6 Å². The van der Waals surface area contributed by atoms with Crippen LogP contribution in [0.25, 0.3) is 16.5 Å². The molecule has 0 radical (unpaired) electrons. The van der Waals surface area contributed by atoms with E-state index < -0.39 is 0 Å². The Kier molecular flexibility index (Phi) is 8.63. The molecule has 0 atom stereocenters. The molecule has 0 saturated carbocycles. The molecule has 7 nitrogen and oxygen atoms in total. The molecule has 1 heterocycles. The lowest BCUT2D eigenvalue weighted by molar-refractivity contribution is 0.108. The summed E-state index contributed by atoms with van der Waals surface area (Å²) in [5, 5.41) is 8.57. The first kappa shape index (κ1) is 25.6. The quantitative estimate of drug-likeness (QED) is 0.151. The Morgan fingerprint density at radius 1 is 1.12 bits per heavy atom. The number of halogens is 1. The van der Waals surface area contributed by atoms with Crippen LogP contribution in [0.5, 0.6) is 11.6 Å². The third-order valence-electron chi connectivity index (χ3n) is 5.38. The number of aryl methyl sites for hydroxylation is 2. The number of benzene rings is 2. The van der Waals surface area contributed by atoms with Gasteiger partial charge in [0.25, 0.3) is 5.88 Å². The summed E-state index contributed by atoms with van der Waals surface area (Å²) < 4.78 is 16.3. The third kappa shape index (κ3) is 5.56. The summed E-state index contributed by atoms with van der Waals surface area (Å²) in [5.41, 5.74) is 5.56. The van der Waals surface area contributed by atoms with Crippen molar-refractivity contribution in [1.29, 1.82) is 0 Å². The maximum Gasteiger partial charge on any atom is 0.261 e. The predicted molar refractivity (Wildman–Crippen MR) is 138 cm³/mol. The first-order chi connectivity index (χ1) is 16.3. The molecule has 3 rings (SSSR count). The molecule has 3 aromatic rings. The van der Waals surface area contributed by atoms with Crippen molar-refractivity contribution >= 4 is 51.1 Å². The summed E-state index contributed by atoms with van der Waals surface area (Å²) in [6, 6.07) is 7.80. The van der Waals surface area contributed by atoms with Crippen molar-refractivity contribution in [3.63, 3.8) is 0 Å². The summed E-state index contributed by atoms with van der Waals surface area (Å²) in [6.45, 7) is 3.86. The van der Waals surface area contributed by atoms with Crippen molar-refractivity contribution in [3.8, 4) is 11.6 Å². The van der Waals surface area contributed by atoms with E-state index in [9.17, 15) is 4.79 Å². The fourth-order valence-corrected chi connectivity index (χ4v) is 4.26. The largest absolute Gasteiger partial charge is 0.496 e. The van der Waals surface area contributed by atoms with Crippen LogP contribution in [0.2, 0.25) is 0 Å². The number of oxime groups is 1. The molecule has 0 aliphatic carbocycles. The van der Waals surface area contributed by atoms with Crippen molar-refractivity contribution in [2.75, 3.05) is 21.3 Å². The lowest BCUT2D eigenvalue weighted by atomic mass is 9.91. The van der Waals surface area contributed by atoms with Gasteiger partial charge in [-0.3, -0.25) is 4.79 Å². The molecule has 0 unspecified atom stereocenters. The lowest BCUT2D eigenvalue weighted by Crippen LogP contribution is -2.01. The minimum absolute atomic E-state index is 0.365. The van der Waals surface area contributed by atoms with Gasteiger partial charge in [0, 0.05) is 6.42 Å². The lowest BCUT2D eigenvalue weighted by Gasteiger charge is -2.15. The van der Waals surface area contributed by atoms with Gasteiger partial charge in [-0.25, -0.2) is 0 Å². The van der Waals surface area contributed by atoms with Crippen molar-refractivity contribution in [1.82, 2.24) is 5.16 Å². The number of thiol groups is 1. The maximum absolute atomic E-state index is 12.3. The second-order valence-electron chi connectivity index (χ2n) is 7.70. The summed E-state index contributed by atoms with van der Waals surface area (Å²) in [7, 11) is 4.56. The molecular weight excluding hydrogens is 476 g/mol. The summed E-state index contributed by atoms with van der Waals surface area (Å²) >= 11 is 10.1. The van der Waals surface area contributed by atoms with E-state index in [1.54, 1.807) is 20.3 Å². The average molecular weight is 503 g/mol. The molecule has 2 aromatic carbocycles. The van der Waals surface area contributed by atoms with Gasteiger partial charge in [-0.1, -0.05) is 22.8 Å². The van der Waals surface area contributed by atoms with Gasteiger partial charge < -0.3 is 18.8 Å². The number of fused-ring (bicyclic) bond motifs is 1. The van der Waals surface area contributed by atoms with Crippen LogP contribution < -0.4 is 9.47 Å². The third-order valence-corrected chi connectivity index (χ3v) is 5.87. The molecule has 0 spiro atoms. The number of hydrogen-bond donors (Lipinski definition) is 1. The second kappa shape index (κ2) is 11.4. The maximum atomic E-state index is 12.3. The van der Waals surface area contributed by atoms with Gasteiger partial charge in [-0.2, -0.15) is 0 Å². The molecule has 180 valence electrons. The molecule has 9 heteroatoms. The number of unbranched alkanes of at least 4 members (excludes halogenated alkanes) is 1. The highest BCUT2D eigenvalue weighted by atomic mass is 35.5. The Labute approximate surface area is 209 Å². The van der Waals surface area contributed by atoms with E-state index in [0.717, 1.165) is 46.1 Å². The fourth-order valence-electron chi connectivity index (χ4n) is 3.89. The molecule has 0 N–H and O–H groups in total. The van der Waals surface area contributed by atoms with E-state index in [4.69, 9.17) is 30.4 Å². The summed E-state index contributed by atoms with van der Waals surface area (Å²) in [5.74, 6) is 0.928. The SMILES string of the molecule is CO/N=C(\Cl)CCC/C=C(\c1cc(C)c(OC)c(C(=O)S)c1)c1cc(C)c2onc(OC)c2c1. The van der Waals surface area contributed by atoms with Gasteiger partial charge in [0.05, 0.1) is 25.2 Å². The summed E-state index contributed by atoms with van der Waals surface area (Å²) in [4.78, 5) is 17.0. The molecular formula is C25H27ClN2O5S. The highest BCUT2D eigenvalue weighted by molar-refractivity contribution is 7.97.